The molecule has 0 atom stereocenters. The number of rotatable bonds is 3. The van der Waals surface area contributed by atoms with Gasteiger partial charge in [-0.3, -0.25) is 0 Å². The third-order valence-corrected chi connectivity index (χ3v) is 4.75. The van der Waals surface area contributed by atoms with Gasteiger partial charge in [0, 0.05) is 17.0 Å². The van der Waals surface area contributed by atoms with Crippen LogP contribution in [0.25, 0.3) is 21.9 Å². The minimum Gasteiger partial charge on any atom is -0.492 e. The molecule has 23 heavy (non-hydrogen) atoms. The van der Waals surface area contributed by atoms with Gasteiger partial charge in [-0.05, 0) is 38.1 Å². The number of aromatic amines is 1. The molecule has 0 amide bonds. The van der Waals surface area contributed by atoms with E-state index in [4.69, 9.17) is 10.5 Å². The summed E-state index contributed by atoms with van der Waals surface area (Å²) in [6.07, 6.45) is 5.77. The number of pyridine rings is 2. The van der Waals surface area contributed by atoms with Crippen molar-refractivity contribution in [2.75, 3.05) is 25.4 Å². The molecule has 1 aliphatic heterocycles. The van der Waals surface area contributed by atoms with E-state index < -0.39 is 0 Å². The summed E-state index contributed by atoms with van der Waals surface area (Å²) in [6, 6.07) is 3.80. The Kier molecular flexibility index (Phi) is 3.34. The van der Waals surface area contributed by atoms with Crippen LogP contribution in [-0.2, 0) is 0 Å². The highest BCUT2D eigenvalue weighted by molar-refractivity contribution is 6.09. The van der Waals surface area contributed by atoms with Crippen LogP contribution in [-0.4, -0.2) is 34.6 Å². The molecule has 0 saturated carbocycles. The molecule has 0 aliphatic carbocycles. The number of aromatic nitrogens is 3. The van der Waals surface area contributed by atoms with Gasteiger partial charge in [0.1, 0.15) is 17.2 Å². The predicted molar refractivity (Wildman–Crippen MR) is 91.5 cm³/mol. The molecule has 120 valence electrons. The van der Waals surface area contributed by atoms with Gasteiger partial charge >= 0.3 is 0 Å². The normalized spacial score (nSPS) is 17.6. The first-order chi connectivity index (χ1) is 11.1. The summed E-state index contributed by atoms with van der Waals surface area (Å²) in [5, 5.41) is 5.39. The number of hydrogen-bond acceptors (Lipinski definition) is 5. The molecule has 0 bridgehead atoms. The van der Waals surface area contributed by atoms with Crippen molar-refractivity contribution in [3.05, 3.63) is 24.5 Å². The van der Waals surface area contributed by atoms with E-state index in [1.807, 2.05) is 12.1 Å². The van der Waals surface area contributed by atoms with E-state index in [9.17, 15) is 0 Å². The summed E-state index contributed by atoms with van der Waals surface area (Å²) in [7, 11) is 0. The molecule has 4 N–H and O–H groups in total. The average Bonchev–Trinajstić information content (AvgIpc) is 2.92. The van der Waals surface area contributed by atoms with Gasteiger partial charge in [-0.2, -0.15) is 0 Å². The van der Waals surface area contributed by atoms with E-state index in [0.29, 0.717) is 12.4 Å². The minimum atomic E-state index is 0.216. The molecule has 1 aliphatic rings. The number of fused-ring (bicyclic) bond motifs is 3. The number of ether oxygens (including phenoxy) is 1. The summed E-state index contributed by atoms with van der Waals surface area (Å²) in [5.74, 6) is 1.35. The fourth-order valence-electron chi connectivity index (χ4n) is 3.25. The molecule has 0 radical (unpaired) electrons. The number of nitrogen functional groups attached to an aromatic ring is 1. The molecule has 4 rings (SSSR count). The topological polar surface area (TPSA) is 88.8 Å². The third kappa shape index (κ3) is 2.59. The molecule has 1 fully saturated rings. The van der Waals surface area contributed by atoms with Crippen LogP contribution in [0.4, 0.5) is 5.82 Å². The molecule has 0 aromatic carbocycles. The van der Waals surface area contributed by atoms with Gasteiger partial charge in [0.15, 0.2) is 0 Å². The second-order valence-electron chi connectivity index (χ2n) is 6.66. The first-order valence-corrected chi connectivity index (χ1v) is 8.00. The zero-order valence-corrected chi connectivity index (χ0v) is 13.2. The largest absolute Gasteiger partial charge is 0.492 e. The lowest BCUT2D eigenvalue weighted by molar-refractivity contribution is 0.124. The van der Waals surface area contributed by atoms with Crippen molar-refractivity contribution < 1.29 is 4.74 Å². The van der Waals surface area contributed by atoms with Crippen LogP contribution in [0.2, 0.25) is 0 Å². The van der Waals surface area contributed by atoms with Crippen LogP contribution in [0.15, 0.2) is 24.5 Å². The van der Waals surface area contributed by atoms with Crippen LogP contribution in [0.1, 0.15) is 19.8 Å². The number of nitrogens with zero attached hydrogens (tertiary/aromatic N) is 2. The Hall–Kier alpha value is -2.34. The lowest BCUT2D eigenvalue weighted by Crippen LogP contribution is -2.38. The van der Waals surface area contributed by atoms with E-state index in [1.54, 1.807) is 12.4 Å². The van der Waals surface area contributed by atoms with E-state index >= 15 is 0 Å². The second-order valence-corrected chi connectivity index (χ2v) is 6.66. The Morgan fingerprint density at radius 2 is 2.13 bits per heavy atom. The predicted octanol–water partition coefficient (Wildman–Crippen LogP) is 2.46. The van der Waals surface area contributed by atoms with Crippen molar-refractivity contribution in [2.24, 2.45) is 5.41 Å². The SMILES string of the molecule is CC1(COc2ccnc3[nH]c4cnc(N)cc4c23)CCNCC1. The van der Waals surface area contributed by atoms with Gasteiger partial charge in [0.2, 0.25) is 0 Å². The molecule has 0 unspecified atom stereocenters. The zero-order valence-electron chi connectivity index (χ0n) is 13.2. The lowest BCUT2D eigenvalue weighted by Gasteiger charge is -2.33. The van der Waals surface area contributed by atoms with Crippen molar-refractivity contribution in [2.45, 2.75) is 19.8 Å². The number of H-pyrrole nitrogens is 1. The third-order valence-electron chi connectivity index (χ3n) is 4.75. The van der Waals surface area contributed by atoms with Gasteiger partial charge in [-0.15, -0.1) is 0 Å². The smallest absolute Gasteiger partial charge is 0.142 e. The van der Waals surface area contributed by atoms with Crippen molar-refractivity contribution in [1.82, 2.24) is 20.3 Å². The first-order valence-electron chi connectivity index (χ1n) is 8.00. The van der Waals surface area contributed by atoms with Crippen molar-refractivity contribution in [3.63, 3.8) is 0 Å². The van der Waals surface area contributed by atoms with Crippen LogP contribution in [0.5, 0.6) is 5.75 Å². The van der Waals surface area contributed by atoms with Gasteiger partial charge < -0.3 is 20.8 Å². The molecule has 1 saturated heterocycles. The lowest BCUT2D eigenvalue weighted by atomic mass is 9.82. The molecular weight excluding hydrogens is 290 g/mol. The van der Waals surface area contributed by atoms with Crippen LogP contribution >= 0.6 is 0 Å². The van der Waals surface area contributed by atoms with E-state index in [1.165, 1.54) is 0 Å². The Morgan fingerprint density at radius 1 is 1.30 bits per heavy atom. The number of nitrogens with two attached hydrogens (primary N) is 1. The van der Waals surface area contributed by atoms with Gasteiger partial charge in [0.25, 0.3) is 0 Å². The Morgan fingerprint density at radius 3 is 2.96 bits per heavy atom. The van der Waals surface area contributed by atoms with Crippen LogP contribution in [0.3, 0.4) is 0 Å². The standard InChI is InChI=1S/C17H21N5O/c1-17(3-6-19-7-4-17)10-23-13-2-5-20-16-15(13)11-8-14(18)21-9-12(11)22-16/h2,5,8-9,19H,3-4,6-7,10H2,1H3,(H2,18,21)(H,20,22). The van der Waals surface area contributed by atoms with Crippen molar-refractivity contribution in [1.29, 1.82) is 0 Å². The van der Waals surface area contributed by atoms with Crippen LogP contribution < -0.4 is 15.8 Å². The maximum absolute atomic E-state index is 6.22. The zero-order chi connectivity index (χ0) is 15.9. The summed E-state index contributed by atoms with van der Waals surface area (Å²) in [5.41, 5.74) is 7.79. The highest BCUT2D eigenvalue weighted by atomic mass is 16.5. The summed E-state index contributed by atoms with van der Waals surface area (Å²) in [6.45, 7) is 5.12. The Labute approximate surface area is 134 Å². The number of hydrogen-bond donors (Lipinski definition) is 3. The fraction of sp³-hybridized carbons (Fsp3) is 0.412. The molecule has 6 nitrogen and oxygen atoms in total. The Bertz CT molecular complexity index is 851. The van der Waals surface area contributed by atoms with Crippen LogP contribution in [0, 0.1) is 5.41 Å². The van der Waals surface area contributed by atoms with E-state index in [2.05, 4.69) is 27.2 Å². The summed E-state index contributed by atoms with van der Waals surface area (Å²) < 4.78 is 6.22. The molecular formula is C17H21N5O. The van der Waals surface area contributed by atoms with Gasteiger partial charge in [0.05, 0.1) is 23.7 Å². The first kappa shape index (κ1) is 14.3. The van der Waals surface area contributed by atoms with Gasteiger partial charge in [-0.1, -0.05) is 6.92 Å². The van der Waals surface area contributed by atoms with Crippen molar-refractivity contribution in [3.8, 4) is 5.75 Å². The minimum absolute atomic E-state index is 0.216. The summed E-state index contributed by atoms with van der Waals surface area (Å²) in [4.78, 5) is 11.8. The summed E-state index contributed by atoms with van der Waals surface area (Å²) >= 11 is 0. The molecule has 3 aromatic rings. The average molecular weight is 311 g/mol. The monoisotopic (exact) mass is 311 g/mol. The van der Waals surface area contributed by atoms with E-state index in [0.717, 1.165) is 53.6 Å². The maximum Gasteiger partial charge on any atom is 0.142 e. The quantitative estimate of drug-likeness (QED) is 0.691. The molecule has 3 aromatic heterocycles. The number of anilines is 1. The number of piperidine rings is 1. The van der Waals surface area contributed by atoms with E-state index in [-0.39, 0.29) is 5.41 Å². The molecule has 4 heterocycles. The van der Waals surface area contributed by atoms with Gasteiger partial charge in [-0.25, -0.2) is 9.97 Å². The highest BCUT2D eigenvalue weighted by Gasteiger charge is 2.28. The van der Waals surface area contributed by atoms with Crippen molar-refractivity contribution >= 4 is 27.8 Å². The highest BCUT2D eigenvalue weighted by Crippen LogP contribution is 2.34. The number of nitrogens with one attached hydrogen (secondary N) is 2. The molecule has 0 spiro atoms. The Balaban J connectivity index is 1.71. The maximum atomic E-state index is 6.22. The second kappa shape index (κ2) is 5.38. The fourth-order valence-corrected chi connectivity index (χ4v) is 3.25. The molecule has 6 heteroatoms.